The van der Waals surface area contributed by atoms with Crippen LogP contribution in [0.4, 0.5) is 0 Å². The maximum Gasteiger partial charge on any atom is 0.220 e. The third-order valence-corrected chi connectivity index (χ3v) is 4.47. The second kappa shape index (κ2) is 18.9. The molecule has 1 atom stereocenters. The van der Waals surface area contributed by atoms with Gasteiger partial charge in [0.25, 0.3) is 0 Å². The number of hydrogen-bond acceptors (Lipinski definition) is 4. The van der Waals surface area contributed by atoms with E-state index in [9.17, 15) is 13.6 Å². The fourth-order valence-electron chi connectivity index (χ4n) is 2.69. The Labute approximate surface area is 150 Å². The first kappa shape index (κ1) is 23.5. The van der Waals surface area contributed by atoms with Crippen molar-refractivity contribution < 1.29 is 17.7 Å². The molecule has 0 aromatic heterocycles. The number of hydrogen-bond donors (Lipinski definition) is 1. The third-order valence-electron chi connectivity index (χ3n) is 4.11. The molecular formula is C18H36NO4S-. The van der Waals surface area contributed by atoms with Gasteiger partial charge in [-0.05, 0) is 6.42 Å². The highest BCUT2D eigenvalue weighted by molar-refractivity contribution is 7.74. The van der Waals surface area contributed by atoms with Crippen molar-refractivity contribution in [2.75, 3.05) is 13.2 Å². The predicted octanol–water partition coefficient (Wildman–Crippen LogP) is 4.39. The van der Waals surface area contributed by atoms with E-state index in [1.807, 2.05) is 0 Å². The van der Waals surface area contributed by atoms with Gasteiger partial charge in [0.15, 0.2) is 0 Å². The molecule has 5 nitrogen and oxygen atoms in total. The summed E-state index contributed by atoms with van der Waals surface area (Å²) >= 11 is -2.50. The first-order valence-corrected chi connectivity index (χ1v) is 10.7. The van der Waals surface area contributed by atoms with E-state index in [1.54, 1.807) is 0 Å². The molecule has 0 aliphatic carbocycles. The van der Waals surface area contributed by atoms with Crippen LogP contribution in [-0.4, -0.2) is 27.8 Å². The summed E-state index contributed by atoms with van der Waals surface area (Å²) in [4.78, 5) is 11.5. The highest BCUT2D eigenvalue weighted by Gasteiger charge is 2.00. The van der Waals surface area contributed by atoms with Crippen LogP contribution in [0.2, 0.25) is 0 Å². The minimum atomic E-state index is -2.50. The summed E-state index contributed by atoms with van der Waals surface area (Å²) < 4.78 is 24.6. The minimum Gasteiger partial charge on any atom is -0.750 e. The topological polar surface area (TPSA) is 78.5 Å². The number of carbonyl (C=O) groups excluding carboxylic acids is 1. The lowest BCUT2D eigenvalue weighted by Crippen LogP contribution is -2.27. The predicted molar refractivity (Wildman–Crippen MR) is 98.2 cm³/mol. The van der Waals surface area contributed by atoms with Gasteiger partial charge in [0.2, 0.25) is 5.91 Å². The molecule has 0 radical (unpaired) electrons. The molecular weight excluding hydrogens is 326 g/mol. The van der Waals surface area contributed by atoms with E-state index in [2.05, 4.69) is 16.4 Å². The number of amides is 1. The van der Waals surface area contributed by atoms with E-state index in [4.69, 9.17) is 0 Å². The summed E-state index contributed by atoms with van der Waals surface area (Å²) in [6, 6.07) is 0. The van der Waals surface area contributed by atoms with Gasteiger partial charge < -0.3 is 9.87 Å². The van der Waals surface area contributed by atoms with Crippen LogP contribution in [0.1, 0.15) is 96.8 Å². The van der Waals surface area contributed by atoms with Gasteiger partial charge in [-0.2, -0.15) is 0 Å². The van der Waals surface area contributed by atoms with Crippen molar-refractivity contribution in [3.05, 3.63) is 0 Å². The number of carbonyl (C=O) groups is 1. The van der Waals surface area contributed by atoms with Gasteiger partial charge in [0.05, 0.1) is 18.0 Å². The second-order valence-electron chi connectivity index (χ2n) is 6.37. The molecule has 6 heteroatoms. The highest BCUT2D eigenvalue weighted by atomic mass is 32.2. The van der Waals surface area contributed by atoms with E-state index >= 15 is 0 Å². The summed E-state index contributed by atoms with van der Waals surface area (Å²) in [5, 5.41) is 2.64. The van der Waals surface area contributed by atoms with Crippen LogP contribution in [0.15, 0.2) is 0 Å². The van der Waals surface area contributed by atoms with E-state index in [0.29, 0.717) is 6.42 Å². The number of rotatable bonds is 18. The van der Waals surface area contributed by atoms with Gasteiger partial charge in [-0.25, -0.2) is 4.21 Å². The lowest BCUT2D eigenvalue weighted by Gasteiger charge is -2.07. The minimum absolute atomic E-state index is 0.000451. The molecule has 0 aliphatic rings. The quantitative estimate of drug-likeness (QED) is 0.290. The average molecular weight is 363 g/mol. The van der Waals surface area contributed by atoms with Gasteiger partial charge in [-0.3, -0.25) is 8.98 Å². The van der Waals surface area contributed by atoms with Crippen molar-refractivity contribution in [1.29, 1.82) is 0 Å². The Bertz CT molecular complexity index is 313. The molecule has 0 aliphatic heterocycles. The van der Waals surface area contributed by atoms with Gasteiger partial charge >= 0.3 is 0 Å². The van der Waals surface area contributed by atoms with Gasteiger partial charge in [0.1, 0.15) is 0 Å². The fraction of sp³-hybridized carbons (Fsp3) is 0.944. The lowest BCUT2D eigenvalue weighted by molar-refractivity contribution is -0.121. The van der Waals surface area contributed by atoms with Crippen molar-refractivity contribution in [3.8, 4) is 0 Å². The first-order chi connectivity index (χ1) is 11.7. The molecule has 1 unspecified atom stereocenters. The van der Waals surface area contributed by atoms with Gasteiger partial charge in [-0.1, -0.05) is 84.0 Å². The van der Waals surface area contributed by atoms with E-state index in [-0.39, 0.29) is 19.1 Å². The molecule has 0 spiro atoms. The maximum atomic E-state index is 11.5. The van der Waals surface area contributed by atoms with Crippen LogP contribution >= 0.6 is 0 Å². The Hall–Kier alpha value is -0.460. The average Bonchev–Trinajstić information content (AvgIpc) is 2.55. The van der Waals surface area contributed by atoms with E-state index in [0.717, 1.165) is 12.8 Å². The first-order valence-electron chi connectivity index (χ1n) is 9.66. The zero-order chi connectivity index (χ0) is 17.9. The van der Waals surface area contributed by atoms with Crippen LogP contribution in [-0.2, 0) is 20.3 Å². The molecule has 0 saturated heterocycles. The third kappa shape index (κ3) is 19.6. The Morgan fingerprint density at radius 1 is 0.875 bits per heavy atom. The van der Waals surface area contributed by atoms with E-state index in [1.165, 1.54) is 70.6 Å². The molecule has 0 bridgehead atoms. The van der Waals surface area contributed by atoms with Crippen molar-refractivity contribution in [2.45, 2.75) is 96.8 Å². The zero-order valence-corrected chi connectivity index (χ0v) is 16.2. The standard InChI is InChI=1S/C18H37NO4S/c1-2-3-4-5-6-7-8-9-10-11-12-13-14-15-18(20)19-16-17-23-24(21)22/h2-17H2,1H3,(H,19,20)(H,21,22)/p-1. The Morgan fingerprint density at radius 2 is 1.33 bits per heavy atom. The fourth-order valence-corrected chi connectivity index (χ4v) is 2.91. The molecule has 0 aromatic rings. The smallest absolute Gasteiger partial charge is 0.220 e. The largest absolute Gasteiger partial charge is 0.750 e. The molecule has 0 aromatic carbocycles. The molecule has 1 N–H and O–H groups in total. The monoisotopic (exact) mass is 362 g/mol. The second-order valence-corrected chi connectivity index (χ2v) is 7.01. The van der Waals surface area contributed by atoms with Crippen molar-refractivity contribution >= 4 is 17.3 Å². The summed E-state index contributed by atoms with van der Waals surface area (Å²) in [6.07, 6.45) is 17.3. The highest BCUT2D eigenvalue weighted by Crippen LogP contribution is 2.12. The van der Waals surface area contributed by atoms with Crippen LogP contribution in [0.5, 0.6) is 0 Å². The molecule has 24 heavy (non-hydrogen) atoms. The molecule has 0 saturated carbocycles. The van der Waals surface area contributed by atoms with Gasteiger partial charge in [-0.15, -0.1) is 0 Å². The molecule has 0 heterocycles. The zero-order valence-electron chi connectivity index (χ0n) is 15.4. The van der Waals surface area contributed by atoms with E-state index < -0.39 is 11.4 Å². The number of unbranched alkanes of at least 4 members (excludes halogenated alkanes) is 12. The van der Waals surface area contributed by atoms with Crippen LogP contribution in [0.3, 0.4) is 0 Å². The molecule has 0 fully saturated rings. The maximum absolute atomic E-state index is 11.5. The molecule has 0 rings (SSSR count). The summed E-state index contributed by atoms with van der Waals surface area (Å²) in [5.74, 6) is -0.0293. The number of nitrogens with one attached hydrogen (secondary N) is 1. The van der Waals surface area contributed by atoms with Gasteiger partial charge in [0, 0.05) is 13.0 Å². The van der Waals surface area contributed by atoms with Crippen LogP contribution < -0.4 is 5.32 Å². The van der Waals surface area contributed by atoms with Crippen molar-refractivity contribution in [2.24, 2.45) is 0 Å². The summed E-state index contributed by atoms with van der Waals surface area (Å²) in [5.41, 5.74) is 0. The lowest BCUT2D eigenvalue weighted by atomic mass is 10.0. The van der Waals surface area contributed by atoms with Crippen molar-refractivity contribution in [1.82, 2.24) is 5.32 Å². The SMILES string of the molecule is CCCCCCCCCCCCCCCC(=O)NCCOS(=O)[O-]. The Morgan fingerprint density at radius 3 is 1.79 bits per heavy atom. The summed E-state index contributed by atoms with van der Waals surface area (Å²) in [7, 11) is 0. The van der Waals surface area contributed by atoms with Crippen molar-refractivity contribution in [3.63, 3.8) is 0 Å². The Kier molecular flexibility index (Phi) is 18.5. The Balaban J connectivity index is 3.14. The van der Waals surface area contributed by atoms with Crippen LogP contribution in [0, 0.1) is 0 Å². The molecule has 144 valence electrons. The normalized spacial score (nSPS) is 12.2. The summed E-state index contributed by atoms with van der Waals surface area (Å²) in [6.45, 7) is 2.49. The molecule has 1 amide bonds. The van der Waals surface area contributed by atoms with Crippen LogP contribution in [0.25, 0.3) is 0 Å².